The zero-order chi connectivity index (χ0) is 11.4. The molecule has 3 N–H and O–H groups in total. The van der Waals surface area contributed by atoms with Crippen LogP contribution in [0.3, 0.4) is 0 Å². The lowest BCUT2D eigenvalue weighted by molar-refractivity contribution is 0.466. The smallest absolute Gasteiger partial charge is 0.123 e. The molecule has 1 aromatic carbocycles. The van der Waals surface area contributed by atoms with Gasteiger partial charge in [-0.05, 0) is 36.2 Å². The molecule has 0 atom stereocenters. The molecular weight excluding hydrogens is 209 g/mol. The molecular formula is C11H12FN3O. The summed E-state index contributed by atoms with van der Waals surface area (Å²) in [5.74, 6) is 0.582. The van der Waals surface area contributed by atoms with Crippen LogP contribution in [0.15, 0.2) is 30.5 Å². The Labute approximate surface area is 92.1 Å². The molecule has 0 saturated heterocycles. The Bertz CT molecular complexity index is 456. The summed E-state index contributed by atoms with van der Waals surface area (Å²) in [6.45, 7) is 0.596. The van der Waals surface area contributed by atoms with Gasteiger partial charge in [0.05, 0.1) is 6.20 Å². The molecule has 0 radical (unpaired) electrons. The van der Waals surface area contributed by atoms with Gasteiger partial charge in [-0.15, -0.1) is 0 Å². The number of aromatic nitrogens is 2. The molecule has 0 bridgehead atoms. The van der Waals surface area contributed by atoms with Gasteiger partial charge in [0.2, 0.25) is 0 Å². The minimum Gasteiger partial charge on any atom is -0.508 e. The molecule has 0 unspecified atom stereocenters. The zero-order valence-electron chi connectivity index (χ0n) is 8.57. The summed E-state index contributed by atoms with van der Waals surface area (Å²) in [5.41, 5.74) is 0.590. The maximum Gasteiger partial charge on any atom is 0.123 e. The first-order chi connectivity index (χ1) is 7.75. The van der Waals surface area contributed by atoms with Crippen LogP contribution in [-0.4, -0.2) is 21.8 Å². The maximum atomic E-state index is 12.9. The largest absolute Gasteiger partial charge is 0.508 e. The van der Waals surface area contributed by atoms with Crippen molar-refractivity contribution in [3.05, 3.63) is 41.8 Å². The van der Waals surface area contributed by atoms with Crippen molar-refractivity contribution >= 4 is 5.82 Å². The third-order valence-electron chi connectivity index (χ3n) is 2.25. The molecule has 0 fully saturated rings. The van der Waals surface area contributed by atoms with Gasteiger partial charge < -0.3 is 10.4 Å². The van der Waals surface area contributed by atoms with Crippen LogP contribution in [-0.2, 0) is 6.42 Å². The van der Waals surface area contributed by atoms with E-state index in [9.17, 15) is 9.50 Å². The van der Waals surface area contributed by atoms with E-state index in [1.54, 1.807) is 12.3 Å². The second-order valence-corrected chi connectivity index (χ2v) is 3.42. The second-order valence-electron chi connectivity index (χ2n) is 3.42. The Morgan fingerprint density at radius 3 is 3.00 bits per heavy atom. The summed E-state index contributed by atoms with van der Waals surface area (Å²) < 4.78 is 12.9. The van der Waals surface area contributed by atoms with Crippen LogP contribution in [0.4, 0.5) is 10.2 Å². The maximum absolute atomic E-state index is 12.9. The Morgan fingerprint density at radius 1 is 1.38 bits per heavy atom. The Morgan fingerprint density at radius 2 is 2.25 bits per heavy atom. The Balaban J connectivity index is 1.92. The molecule has 0 aliphatic carbocycles. The second kappa shape index (κ2) is 4.65. The van der Waals surface area contributed by atoms with Gasteiger partial charge in [0.1, 0.15) is 17.4 Å². The van der Waals surface area contributed by atoms with E-state index in [2.05, 4.69) is 15.5 Å². The Hall–Kier alpha value is -2.04. The van der Waals surface area contributed by atoms with Crippen molar-refractivity contribution in [1.82, 2.24) is 10.2 Å². The van der Waals surface area contributed by atoms with E-state index in [-0.39, 0.29) is 11.6 Å². The number of aromatic hydroxyl groups is 1. The van der Waals surface area contributed by atoms with Crippen molar-refractivity contribution < 1.29 is 9.50 Å². The molecule has 5 heteroatoms. The molecule has 0 spiro atoms. The number of hydrogen-bond donors (Lipinski definition) is 3. The van der Waals surface area contributed by atoms with Crippen LogP contribution in [0.2, 0.25) is 0 Å². The number of aromatic amines is 1. The van der Waals surface area contributed by atoms with E-state index < -0.39 is 0 Å². The lowest BCUT2D eigenvalue weighted by Crippen LogP contribution is -2.05. The van der Waals surface area contributed by atoms with Crippen molar-refractivity contribution in [2.45, 2.75) is 6.42 Å². The van der Waals surface area contributed by atoms with Gasteiger partial charge >= 0.3 is 0 Å². The number of nitrogens with one attached hydrogen (secondary N) is 2. The van der Waals surface area contributed by atoms with Crippen LogP contribution in [0.5, 0.6) is 5.75 Å². The van der Waals surface area contributed by atoms with Crippen molar-refractivity contribution in [2.24, 2.45) is 0 Å². The minimum atomic E-state index is -0.339. The summed E-state index contributed by atoms with van der Waals surface area (Å²) in [6.07, 6.45) is 2.19. The highest BCUT2D eigenvalue weighted by atomic mass is 19.1. The average Bonchev–Trinajstić information content (AvgIpc) is 2.76. The molecule has 16 heavy (non-hydrogen) atoms. The summed E-state index contributed by atoms with van der Waals surface area (Å²) in [7, 11) is 0. The highest BCUT2D eigenvalue weighted by Gasteiger charge is 2.02. The number of halogens is 1. The molecule has 0 aliphatic rings. The SMILES string of the molecule is Oc1ccc(F)cc1CCNc1ccn[nH]1. The molecule has 1 heterocycles. The van der Waals surface area contributed by atoms with Crippen molar-refractivity contribution in [1.29, 1.82) is 0 Å². The topological polar surface area (TPSA) is 60.9 Å². The van der Waals surface area contributed by atoms with Gasteiger partial charge in [0, 0.05) is 6.54 Å². The lowest BCUT2D eigenvalue weighted by atomic mass is 10.1. The normalized spacial score (nSPS) is 10.3. The van der Waals surface area contributed by atoms with Crippen molar-refractivity contribution in [3.63, 3.8) is 0 Å². The predicted octanol–water partition coefficient (Wildman–Crippen LogP) is 1.91. The highest BCUT2D eigenvalue weighted by Crippen LogP contribution is 2.18. The quantitative estimate of drug-likeness (QED) is 0.739. The third kappa shape index (κ3) is 2.50. The number of phenols is 1. The number of H-pyrrole nitrogens is 1. The standard InChI is InChI=1S/C11H12FN3O/c12-9-1-2-10(16)8(7-9)3-5-13-11-4-6-14-15-11/h1-2,4,6-7,16H,3,5H2,(H2,13,14,15). The van der Waals surface area contributed by atoms with Crippen molar-refractivity contribution in [3.8, 4) is 5.75 Å². The molecule has 84 valence electrons. The van der Waals surface area contributed by atoms with E-state index in [4.69, 9.17) is 0 Å². The molecule has 2 aromatic rings. The highest BCUT2D eigenvalue weighted by molar-refractivity contribution is 5.35. The number of phenolic OH excluding ortho intramolecular Hbond substituents is 1. The van der Waals surface area contributed by atoms with Crippen LogP contribution in [0.1, 0.15) is 5.56 Å². The van der Waals surface area contributed by atoms with E-state index in [0.29, 0.717) is 18.5 Å². The van der Waals surface area contributed by atoms with E-state index in [1.165, 1.54) is 18.2 Å². The van der Waals surface area contributed by atoms with Gasteiger partial charge in [-0.25, -0.2) is 4.39 Å². The number of rotatable bonds is 4. The summed E-state index contributed by atoms with van der Waals surface area (Å²) in [4.78, 5) is 0. The van der Waals surface area contributed by atoms with Gasteiger partial charge in [0.15, 0.2) is 0 Å². The molecule has 0 amide bonds. The van der Waals surface area contributed by atoms with Gasteiger partial charge in [-0.3, -0.25) is 5.10 Å². The molecule has 4 nitrogen and oxygen atoms in total. The summed E-state index contributed by atoms with van der Waals surface area (Å²) in [6, 6.07) is 5.73. The lowest BCUT2D eigenvalue weighted by Gasteiger charge is -2.05. The first kappa shape index (κ1) is 10.5. The van der Waals surface area contributed by atoms with Gasteiger partial charge in [0.25, 0.3) is 0 Å². The number of hydrogen-bond acceptors (Lipinski definition) is 3. The molecule has 2 rings (SSSR count). The summed E-state index contributed by atoms with van der Waals surface area (Å²) in [5, 5.41) is 19.1. The van der Waals surface area contributed by atoms with Crippen LogP contribution >= 0.6 is 0 Å². The first-order valence-electron chi connectivity index (χ1n) is 4.96. The molecule has 0 saturated carbocycles. The van der Waals surface area contributed by atoms with Crippen molar-refractivity contribution in [2.75, 3.05) is 11.9 Å². The third-order valence-corrected chi connectivity index (χ3v) is 2.25. The molecule has 0 aliphatic heterocycles. The number of benzene rings is 1. The molecule has 1 aromatic heterocycles. The number of nitrogens with zero attached hydrogens (tertiary/aromatic N) is 1. The van der Waals surface area contributed by atoms with Crippen LogP contribution in [0, 0.1) is 5.82 Å². The van der Waals surface area contributed by atoms with Gasteiger partial charge in [-0.1, -0.05) is 0 Å². The van der Waals surface area contributed by atoms with E-state index in [0.717, 1.165) is 5.82 Å². The van der Waals surface area contributed by atoms with E-state index in [1.807, 2.05) is 0 Å². The Kier molecular flexibility index (Phi) is 3.05. The van der Waals surface area contributed by atoms with Crippen LogP contribution in [0.25, 0.3) is 0 Å². The first-order valence-corrected chi connectivity index (χ1v) is 4.96. The fourth-order valence-corrected chi connectivity index (χ4v) is 1.44. The number of anilines is 1. The predicted molar refractivity (Wildman–Crippen MR) is 58.8 cm³/mol. The zero-order valence-corrected chi connectivity index (χ0v) is 8.57. The van der Waals surface area contributed by atoms with Gasteiger partial charge in [-0.2, -0.15) is 5.10 Å². The van der Waals surface area contributed by atoms with E-state index >= 15 is 0 Å². The minimum absolute atomic E-state index is 0.118. The fourth-order valence-electron chi connectivity index (χ4n) is 1.44. The van der Waals surface area contributed by atoms with Crippen LogP contribution < -0.4 is 5.32 Å². The monoisotopic (exact) mass is 221 g/mol. The average molecular weight is 221 g/mol. The fraction of sp³-hybridized carbons (Fsp3) is 0.182. The summed E-state index contributed by atoms with van der Waals surface area (Å²) >= 11 is 0.